The van der Waals surface area contributed by atoms with E-state index in [-0.39, 0.29) is 35.5 Å². The minimum atomic E-state index is -0.663. The summed E-state index contributed by atoms with van der Waals surface area (Å²) in [6, 6.07) is 0. The molecule has 0 aliphatic carbocycles. The molecule has 0 heterocycles. The van der Waals surface area contributed by atoms with Gasteiger partial charge >= 0.3 is 35.5 Å². The molecule has 0 rings (SSSR count). The Morgan fingerprint density at radius 3 is 1.90 bits per heavy atom. The SMILES string of the molecule is CC(C)C(C)([SiH3])C(=O)O.[NaH]. The number of hydrogen-bond acceptors (Lipinski definition) is 1. The van der Waals surface area contributed by atoms with Gasteiger partial charge in [0.1, 0.15) is 0 Å². The predicted octanol–water partition coefficient (Wildman–Crippen LogP) is -0.378. The fourth-order valence-electron chi connectivity index (χ4n) is 0.247. The third-order valence-corrected chi connectivity index (χ3v) is 3.58. The van der Waals surface area contributed by atoms with Crippen molar-refractivity contribution in [1.82, 2.24) is 0 Å². The summed E-state index contributed by atoms with van der Waals surface area (Å²) in [6.45, 7) is 5.69. The molecule has 0 aliphatic heterocycles. The van der Waals surface area contributed by atoms with Gasteiger partial charge < -0.3 is 5.11 Å². The quantitative estimate of drug-likeness (QED) is 0.574. The zero-order chi connectivity index (χ0) is 7.65. The summed E-state index contributed by atoms with van der Waals surface area (Å²) in [5.41, 5.74) is 0. The molecular weight excluding hydrogens is 155 g/mol. The Kier molecular flexibility index (Phi) is 6.04. The first-order chi connectivity index (χ1) is 3.89. The second-order valence-corrected chi connectivity index (χ2v) is 5.26. The number of hydrogen-bond donors (Lipinski definition) is 1. The van der Waals surface area contributed by atoms with Gasteiger partial charge in [-0.05, 0) is 5.92 Å². The Labute approximate surface area is 87.1 Å². The van der Waals surface area contributed by atoms with Crippen LogP contribution in [0.4, 0.5) is 0 Å². The van der Waals surface area contributed by atoms with Crippen molar-refractivity contribution >= 4 is 45.8 Å². The molecule has 2 nitrogen and oxygen atoms in total. The molecule has 0 aromatic heterocycles. The van der Waals surface area contributed by atoms with E-state index in [9.17, 15) is 4.79 Å². The molecular formula is C6H15NaO2Si. The van der Waals surface area contributed by atoms with Crippen molar-refractivity contribution in [2.75, 3.05) is 0 Å². The first-order valence-electron chi connectivity index (χ1n) is 3.12. The average molecular weight is 170 g/mol. The summed E-state index contributed by atoms with van der Waals surface area (Å²) < 4.78 is 0. The summed E-state index contributed by atoms with van der Waals surface area (Å²) in [6.07, 6.45) is 0. The molecule has 56 valence electrons. The van der Waals surface area contributed by atoms with Gasteiger partial charge in [-0.25, -0.2) is 0 Å². The molecule has 0 spiro atoms. The van der Waals surface area contributed by atoms with Crippen LogP contribution < -0.4 is 0 Å². The Hall–Kier alpha value is 0.687. The van der Waals surface area contributed by atoms with Gasteiger partial charge in [-0.15, -0.1) is 0 Å². The van der Waals surface area contributed by atoms with Crippen LogP contribution in [0.1, 0.15) is 20.8 Å². The van der Waals surface area contributed by atoms with Crippen molar-refractivity contribution in [2.45, 2.75) is 25.8 Å². The van der Waals surface area contributed by atoms with E-state index in [4.69, 9.17) is 5.11 Å². The van der Waals surface area contributed by atoms with E-state index in [1.165, 1.54) is 0 Å². The number of rotatable bonds is 2. The summed E-state index contributed by atoms with van der Waals surface area (Å²) >= 11 is 0. The van der Waals surface area contributed by atoms with Crippen LogP contribution in [0.15, 0.2) is 0 Å². The zero-order valence-electron chi connectivity index (χ0n) is 6.43. The van der Waals surface area contributed by atoms with Crippen molar-refractivity contribution < 1.29 is 9.90 Å². The van der Waals surface area contributed by atoms with E-state index in [0.717, 1.165) is 10.2 Å². The molecule has 0 fully saturated rings. The van der Waals surface area contributed by atoms with Crippen LogP contribution in [0, 0.1) is 5.92 Å². The summed E-state index contributed by atoms with van der Waals surface area (Å²) in [4.78, 5) is 10.5. The molecule has 0 aromatic carbocycles. The molecule has 0 saturated heterocycles. The third-order valence-electron chi connectivity index (χ3n) is 1.99. The Bertz CT molecular complexity index is 123. The van der Waals surface area contributed by atoms with Crippen LogP contribution in [0.2, 0.25) is 5.04 Å². The van der Waals surface area contributed by atoms with Crippen LogP contribution in [-0.4, -0.2) is 50.9 Å². The first-order valence-corrected chi connectivity index (χ1v) is 4.12. The van der Waals surface area contributed by atoms with Crippen LogP contribution >= 0.6 is 0 Å². The van der Waals surface area contributed by atoms with Gasteiger partial charge in [0.25, 0.3) is 0 Å². The van der Waals surface area contributed by atoms with Gasteiger partial charge in [-0.2, -0.15) is 0 Å². The van der Waals surface area contributed by atoms with Gasteiger partial charge in [0.2, 0.25) is 0 Å². The fraction of sp³-hybridized carbons (Fsp3) is 0.833. The normalized spacial score (nSPS) is 16.0. The standard InChI is InChI=1S/C6H14O2Si.Na.H/c1-4(2)6(3,9)5(7)8;;/h4H,1-3,9H3,(H,7,8);;. The second kappa shape index (κ2) is 4.54. The van der Waals surface area contributed by atoms with E-state index in [0.29, 0.717) is 0 Å². The summed E-state index contributed by atoms with van der Waals surface area (Å²) in [5, 5.41) is 8.20. The number of carboxylic acid groups (broad SMARTS) is 1. The number of carbonyl (C=O) groups is 1. The van der Waals surface area contributed by atoms with Crippen LogP contribution in [0.25, 0.3) is 0 Å². The van der Waals surface area contributed by atoms with Gasteiger partial charge in [-0.3, -0.25) is 4.79 Å². The Balaban J connectivity index is 0. The molecule has 1 N–H and O–H groups in total. The minimum absolute atomic E-state index is 0. The van der Waals surface area contributed by atoms with E-state index in [1.807, 2.05) is 13.8 Å². The molecule has 0 amide bonds. The Morgan fingerprint density at radius 2 is 1.90 bits per heavy atom. The van der Waals surface area contributed by atoms with E-state index in [2.05, 4.69) is 0 Å². The van der Waals surface area contributed by atoms with Crippen molar-refractivity contribution in [1.29, 1.82) is 0 Å². The van der Waals surface area contributed by atoms with Crippen molar-refractivity contribution in [2.24, 2.45) is 5.92 Å². The van der Waals surface area contributed by atoms with Crippen LogP contribution in [-0.2, 0) is 4.79 Å². The maximum absolute atomic E-state index is 10.5. The van der Waals surface area contributed by atoms with E-state index in [1.54, 1.807) is 6.92 Å². The topological polar surface area (TPSA) is 37.3 Å². The van der Waals surface area contributed by atoms with Crippen molar-refractivity contribution in [3.8, 4) is 0 Å². The van der Waals surface area contributed by atoms with Gasteiger partial charge in [0.05, 0.1) is 5.04 Å². The molecule has 0 aliphatic rings. The summed E-state index contributed by atoms with van der Waals surface area (Å²) in [5.74, 6) is -0.411. The number of carboxylic acids is 1. The molecule has 1 atom stereocenters. The van der Waals surface area contributed by atoms with Crippen molar-refractivity contribution in [3.63, 3.8) is 0 Å². The predicted molar refractivity (Wildman–Crippen MR) is 47.9 cm³/mol. The summed E-state index contributed by atoms with van der Waals surface area (Å²) in [7, 11) is 0.718. The zero-order valence-corrected chi connectivity index (χ0v) is 8.43. The van der Waals surface area contributed by atoms with Crippen LogP contribution in [0.3, 0.4) is 0 Å². The molecule has 1 unspecified atom stereocenters. The average Bonchev–Trinajstić information content (AvgIpc) is 1.65. The fourth-order valence-corrected chi connectivity index (χ4v) is 0.247. The van der Waals surface area contributed by atoms with Gasteiger partial charge in [0.15, 0.2) is 0 Å². The van der Waals surface area contributed by atoms with E-state index >= 15 is 0 Å². The Morgan fingerprint density at radius 1 is 1.60 bits per heavy atom. The maximum atomic E-state index is 10.5. The first kappa shape index (κ1) is 13.3. The molecule has 4 heteroatoms. The molecule has 0 aromatic rings. The molecule has 0 bridgehead atoms. The van der Waals surface area contributed by atoms with Crippen LogP contribution in [0.5, 0.6) is 0 Å². The van der Waals surface area contributed by atoms with Crippen molar-refractivity contribution in [3.05, 3.63) is 0 Å². The number of aliphatic carboxylic acids is 1. The molecule has 0 saturated carbocycles. The molecule has 0 radical (unpaired) electrons. The monoisotopic (exact) mass is 170 g/mol. The van der Waals surface area contributed by atoms with E-state index < -0.39 is 11.0 Å². The van der Waals surface area contributed by atoms with Gasteiger partial charge in [0, 0.05) is 10.2 Å². The van der Waals surface area contributed by atoms with Gasteiger partial charge in [-0.1, -0.05) is 20.8 Å². The second-order valence-electron chi connectivity index (χ2n) is 3.18. The third kappa shape index (κ3) is 3.19. The molecule has 10 heavy (non-hydrogen) atoms.